The number of methoxy groups -OCH3 is 1. The first-order valence-corrected chi connectivity index (χ1v) is 12.7. The number of fused-ring (bicyclic) bond motifs is 1. The van der Waals surface area contributed by atoms with Gasteiger partial charge in [0.2, 0.25) is 0 Å². The second kappa shape index (κ2) is 11.4. The van der Waals surface area contributed by atoms with Gasteiger partial charge in [-0.05, 0) is 55.2 Å². The van der Waals surface area contributed by atoms with Gasteiger partial charge in [-0.2, -0.15) is 5.90 Å². The van der Waals surface area contributed by atoms with Crippen LogP contribution in [0.2, 0.25) is 0 Å². The molecule has 0 aliphatic carbocycles. The van der Waals surface area contributed by atoms with Gasteiger partial charge < -0.3 is 28.8 Å². The number of nitrogens with zero attached hydrogens (tertiary/aromatic N) is 3. The molecule has 3 heterocycles. The van der Waals surface area contributed by atoms with Gasteiger partial charge in [-0.1, -0.05) is 18.7 Å². The minimum Gasteiger partial charge on any atom is -0.497 e. The largest absolute Gasteiger partial charge is 0.497 e. The lowest BCUT2D eigenvalue weighted by Gasteiger charge is -2.31. The van der Waals surface area contributed by atoms with E-state index in [0.717, 1.165) is 42.9 Å². The zero-order valence-corrected chi connectivity index (χ0v) is 21.5. The van der Waals surface area contributed by atoms with Crippen molar-refractivity contribution in [3.8, 4) is 17.2 Å². The predicted molar refractivity (Wildman–Crippen MR) is 145 cm³/mol. The second-order valence-electron chi connectivity index (χ2n) is 9.26. The highest BCUT2D eigenvalue weighted by atomic mass is 16.6. The van der Waals surface area contributed by atoms with Crippen molar-refractivity contribution in [3.05, 3.63) is 78.0 Å². The average Bonchev–Trinajstić information content (AvgIpc) is 2.99. The normalized spacial score (nSPS) is 14.8. The van der Waals surface area contributed by atoms with Crippen LogP contribution in [0.4, 0.5) is 11.5 Å². The fourth-order valence-electron chi connectivity index (χ4n) is 4.72. The lowest BCUT2D eigenvalue weighted by Crippen LogP contribution is -2.36. The van der Waals surface area contributed by atoms with Crippen LogP contribution in [0.1, 0.15) is 40.7 Å². The van der Waals surface area contributed by atoms with E-state index in [1.165, 1.54) is 6.42 Å². The molecule has 1 amide bonds. The number of benzene rings is 2. The van der Waals surface area contributed by atoms with Gasteiger partial charge in [0.1, 0.15) is 24.7 Å². The molecule has 0 spiro atoms. The number of amides is 1. The van der Waals surface area contributed by atoms with Crippen LogP contribution in [-0.2, 0) is 11.3 Å². The van der Waals surface area contributed by atoms with Crippen LogP contribution in [0.3, 0.4) is 0 Å². The Morgan fingerprint density at radius 1 is 1.08 bits per heavy atom. The van der Waals surface area contributed by atoms with Crippen molar-refractivity contribution < 1.29 is 23.8 Å². The number of nitrogens with two attached hydrogens (primary N) is 1. The Hall–Kier alpha value is -4.24. The first kappa shape index (κ1) is 25.4. The van der Waals surface area contributed by atoms with E-state index < -0.39 is 0 Å². The number of carbonyl (C=O) groups is 1. The lowest BCUT2D eigenvalue weighted by molar-refractivity contribution is 0.0723. The van der Waals surface area contributed by atoms with Gasteiger partial charge in [0.15, 0.2) is 17.3 Å². The Kier molecular flexibility index (Phi) is 7.65. The number of rotatable bonds is 8. The molecule has 2 aliphatic rings. The Bertz CT molecular complexity index is 1300. The van der Waals surface area contributed by atoms with E-state index in [4.69, 9.17) is 24.9 Å². The van der Waals surface area contributed by atoms with Crippen LogP contribution < -0.4 is 25.1 Å². The highest BCUT2D eigenvalue weighted by Crippen LogP contribution is 2.38. The maximum atomic E-state index is 13.0. The monoisotopic (exact) mass is 516 g/mol. The fourth-order valence-corrected chi connectivity index (χ4v) is 4.72. The van der Waals surface area contributed by atoms with Crippen molar-refractivity contribution in [1.82, 2.24) is 9.88 Å². The molecule has 0 bridgehead atoms. The van der Waals surface area contributed by atoms with Crippen molar-refractivity contribution >= 4 is 23.2 Å². The zero-order chi connectivity index (χ0) is 26.5. The second-order valence-corrected chi connectivity index (χ2v) is 9.26. The summed E-state index contributed by atoms with van der Waals surface area (Å²) >= 11 is 0. The van der Waals surface area contributed by atoms with E-state index in [2.05, 4.69) is 11.6 Å². The molecule has 1 fully saturated rings. The molecular weight excluding hydrogens is 484 g/mol. The van der Waals surface area contributed by atoms with E-state index in [-0.39, 0.29) is 5.91 Å². The van der Waals surface area contributed by atoms with Crippen molar-refractivity contribution in [1.29, 1.82) is 0 Å². The SMILES string of the molecule is C=C(OCc1ccc(OC)cc1)c1ccc(N2CCOc3cc(C(=O)N4CCCCC4)cnc32)cc1ON. The van der Waals surface area contributed by atoms with Gasteiger partial charge in [-0.15, -0.1) is 0 Å². The summed E-state index contributed by atoms with van der Waals surface area (Å²) in [4.78, 5) is 26.7. The number of hydrogen-bond donors (Lipinski definition) is 1. The summed E-state index contributed by atoms with van der Waals surface area (Å²) in [7, 11) is 1.63. The van der Waals surface area contributed by atoms with Crippen molar-refractivity contribution in [2.75, 3.05) is 38.3 Å². The van der Waals surface area contributed by atoms with Gasteiger partial charge >= 0.3 is 0 Å². The van der Waals surface area contributed by atoms with E-state index in [1.54, 1.807) is 19.4 Å². The van der Waals surface area contributed by atoms with E-state index >= 15 is 0 Å². The van der Waals surface area contributed by atoms with Gasteiger partial charge in [-0.25, -0.2) is 4.98 Å². The molecular formula is C29H32N4O5. The molecule has 3 aromatic rings. The highest BCUT2D eigenvalue weighted by molar-refractivity contribution is 5.95. The number of carbonyl (C=O) groups excluding carboxylic acids is 1. The first-order chi connectivity index (χ1) is 18.6. The minimum atomic E-state index is -0.00273. The van der Waals surface area contributed by atoms with Gasteiger partial charge in [0.25, 0.3) is 5.91 Å². The third-order valence-electron chi connectivity index (χ3n) is 6.83. The van der Waals surface area contributed by atoms with Gasteiger partial charge in [-0.3, -0.25) is 4.79 Å². The minimum absolute atomic E-state index is 0.00273. The number of anilines is 2. The summed E-state index contributed by atoms with van der Waals surface area (Å²) in [5.74, 6) is 8.49. The summed E-state index contributed by atoms with van der Waals surface area (Å²) in [5, 5.41) is 0. The lowest BCUT2D eigenvalue weighted by atomic mass is 10.1. The van der Waals surface area contributed by atoms with Crippen molar-refractivity contribution in [2.45, 2.75) is 25.9 Å². The molecule has 0 radical (unpaired) electrons. The molecule has 2 aliphatic heterocycles. The smallest absolute Gasteiger partial charge is 0.255 e. The molecule has 1 saturated heterocycles. The molecule has 9 heteroatoms. The molecule has 9 nitrogen and oxygen atoms in total. The Labute approximate surface area is 222 Å². The van der Waals surface area contributed by atoms with E-state index in [1.807, 2.05) is 52.3 Å². The Morgan fingerprint density at radius 2 is 1.87 bits per heavy atom. The first-order valence-electron chi connectivity index (χ1n) is 12.7. The summed E-state index contributed by atoms with van der Waals surface area (Å²) < 4.78 is 17.0. The topological polar surface area (TPSA) is 99.4 Å². The quantitative estimate of drug-likeness (QED) is 0.340. The molecule has 1 aromatic heterocycles. The van der Waals surface area contributed by atoms with Crippen molar-refractivity contribution in [2.24, 2.45) is 5.90 Å². The molecule has 2 aromatic carbocycles. The number of pyridine rings is 1. The number of likely N-dealkylation sites (tertiary alicyclic amines) is 1. The van der Waals surface area contributed by atoms with Crippen molar-refractivity contribution in [3.63, 3.8) is 0 Å². The third kappa shape index (κ3) is 5.38. The highest BCUT2D eigenvalue weighted by Gasteiger charge is 2.26. The number of piperidine rings is 1. The number of aromatic nitrogens is 1. The predicted octanol–water partition coefficient (Wildman–Crippen LogP) is 4.69. The van der Waals surface area contributed by atoms with Gasteiger partial charge in [0.05, 0.1) is 24.8 Å². The molecule has 2 N–H and O–H groups in total. The van der Waals surface area contributed by atoms with E-state index in [0.29, 0.717) is 54.0 Å². The maximum absolute atomic E-state index is 13.0. The summed E-state index contributed by atoms with van der Waals surface area (Å²) in [6.45, 7) is 7.00. The molecule has 198 valence electrons. The van der Waals surface area contributed by atoms with Crippen LogP contribution in [0, 0.1) is 0 Å². The summed E-state index contributed by atoms with van der Waals surface area (Å²) in [6, 6.07) is 15.0. The third-order valence-corrected chi connectivity index (χ3v) is 6.83. The molecule has 38 heavy (non-hydrogen) atoms. The van der Waals surface area contributed by atoms with Crippen LogP contribution in [-0.4, -0.2) is 49.1 Å². The Balaban J connectivity index is 1.32. The van der Waals surface area contributed by atoms with Crippen LogP contribution in [0.25, 0.3) is 5.76 Å². The molecule has 0 atom stereocenters. The van der Waals surface area contributed by atoms with E-state index in [9.17, 15) is 4.79 Å². The average molecular weight is 517 g/mol. The molecule has 0 saturated carbocycles. The van der Waals surface area contributed by atoms with Crippen LogP contribution in [0.5, 0.6) is 17.2 Å². The Morgan fingerprint density at radius 3 is 2.61 bits per heavy atom. The summed E-state index contributed by atoms with van der Waals surface area (Å²) in [6.07, 6.45) is 4.87. The molecule has 5 rings (SSSR count). The standard InChI is InChI=1S/C29H32N4O5/c1-20(37-19-21-6-9-24(35-2)10-7-21)25-11-8-23(17-26(25)38-30)33-14-15-36-27-16-22(18-31-28(27)33)29(34)32-12-4-3-5-13-32/h6-11,16-18H,1,3-5,12-15,19,30H2,2H3. The van der Waals surface area contributed by atoms with Crippen LogP contribution in [0.15, 0.2) is 61.3 Å². The van der Waals surface area contributed by atoms with Gasteiger partial charge in [0, 0.05) is 31.0 Å². The number of hydrogen-bond acceptors (Lipinski definition) is 8. The van der Waals surface area contributed by atoms with Crippen LogP contribution >= 0.6 is 0 Å². The maximum Gasteiger partial charge on any atom is 0.255 e. The zero-order valence-electron chi connectivity index (χ0n) is 21.5. The number of ether oxygens (including phenoxy) is 3. The molecule has 0 unspecified atom stereocenters. The summed E-state index contributed by atoms with van der Waals surface area (Å²) in [5.41, 5.74) is 2.99. The fraction of sp³-hybridized carbons (Fsp3) is 0.310.